The number of anilines is 1. The van der Waals surface area contributed by atoms with Gasteiger partial charge in [-0.2, -0.15) is 14.0 Å². The van der Waals surface area contributed by atoms with E-state index < -0.39 is 23.9 Å². The van der Waals surface area contributed by atoms with Crippen molar-refractivity contribution in [3.63, 3.8) is 0 Å². The maximum atomic E-state index is 13.1. The van der Waals surface area contributed by atoms with Crippen molar-refractivity contribution < 1.29 is 17.6 Å². The van der Waals surface area contributed by atoms with Gasteiger partial charge in [0.1, 0.15) is 17.6 Å². The monoisotopic (exact) mass is 386 g/mol. The van der Waals surface area contributed by atoms with Crippen LogP contribution in [-0.4, -0.2) is 9.55 Å². The second kappa shape index (κ2) is 7.84. The fourth-order valence-corrected chi connectivity index (χ4v) is 2.62. The smallest absolute Gasteiger partial charge is 0.301 e. The van der Waals surface area contributed by atoms with Gasteiger partial charge in [-0.25, -0.2) is 9.37 Å². The largest absolute Gasteiger partial charge is 0.463 e. The molecule has 0 atom stereocenters. The molecular weight excluding hydrogens is 373 g/mol. The SMILES string of the molecule is N#Cc1cc(-c2ccc(=O)n(CCC(F)=C(F)F)c2)c(-c2ccco2)nc1N. The van der Waals surface area contributed by atoms with Crippen LogP contribution in [0.15, 0.2) is 63.9 Å². The molecule has 28 heavy (non-hydrogen) atoms. The topological polar surface area (TPSA) is 97.8 Å². The van der Waals surface area contributed by atoms with E-state index in [9.17, 15) is 23.2 Å². The van der Waals surface area contributed by atoms with Crippen molar-refractivity contribution in [1.29, 1.82) is 5.26 Å². The molecule has 0 saturated carbocycles. The first kappa shape index (κ1) is 19.0. The van der Waals surface area contributed by atoms with Gasteiger partial charge in [0.05, 0.1) is 11.8 Å². The van der Waals surface area contributed by atoms with Gasteiger partial charge in [0.25, 0.3) is 5.56 Å². The van der Waals surface area contributed by atoms with E-state index in [1.807, 2.05) is 6.07 Å². The molecule has 0 amide bonds. The molecule has 0 saturated heterocycles. The third kappa shape index (κ3) is 3.81. The van der Waals surface area contributed by atoms with E-state index in [0.717, 1.165) is 4.57 Å². The highest BCUT2D eigenvalue weighted by Gasteiger charge is 2.16. The van der Waals surface area contributed by atoms with Crippen molar-refractivity contribution in [2.75, 3.05) is 5.73 Å². The number of hydrogen-bond donors (Lipinski definition) is 1. The molecule has 9 heteroatoms. The first-order chi connectivity index (χ1) is 13.4. The Labute approximate surface area is 157 Å². The average Bonchev–Trinajstić information content (AvgIpc) is 3.21. The number of halogens is 3. The molecule has 3 aromatic heterocycles. The van der Waals surface area contributed by atoms with Gasteiger partial charge in [0.2, 0.25) is 0 Å². The van der Waals surface area contributed by atoms with Crippen molar-refractivity contribution in [2.24, 2.45) is 0 Å². The van der Waals surface area contributed by atoms with Crippen molar-refractivity contribution in [3.05, 3.63) is 70.6 Å². The Bertz CT molecular complexity index is 1140. The normalized spacial score (nSPS) is 10.5. The lowest BCUT2D eigenvalue weighted by molar-refractivity contribution is 0.365. The number of rotatable bonds is 5. The molecule has 0 spiro atoms. The molecule has 0 radical (unpaired) electrons. The van der Waals surface area contributed by atoms with E-state index in [-0.39, 0.29) is 17.9 Å². The van der Waals surface area contributed by atoms with Crippen LogP contribution in [0.25, 0.3) is 22.6 Å². The van der Waals surface area contributed by atoms with E-state index in [2.05, 4.69) is 4.98 Å². The van der Waals surface area contributed by atoms with Crippen LogP contribution in [0.5, 0.6) is 0 Å². The van der Waals surface area contributed by atoms with Gasteiger partial charge < -0.3 is 14.7 Å². The maximum Gasteiger partial charge on any atom is 0.301 e. The summed E-state index contributed by atoms with van der Waals surface area (Å²) < 4.78 is 44.1. The first-order valence-corrected chi connectivity index (χ1v) is 8.05. The van der Waals surface area contributed by atoms with E-state index in [1.165, 1.54) is 30.7 Å². The third-order valence-electron chi connectivity index (χ3n) is 4.00. The fraction of sp³-hybridized carbons (Fsp3) is 0.105. The Morgan fingerprint density at radius 1 is 1.29 bits per heavy atom. The number of aromatic nitrogens is 2. The summed E-state index contributed by atoms with van der Waals surface area (Å²) in [5.74, 6) is -1.18. The predicted octanol–water partition coefficient (Wildman–Crippen LogP) is 4.09. The summed E-state index contributed by atoms with van der Waals surface area (Å²) in [6, 6.07) is 9.43. The van der Waals surface area contributed by atoms with Gasteiger partial charge >= 0.3 is 6.08 Å². The molecule has 3 heterocycles. The average molecular weight is 386 g/mol. The molecule has 0 aliphatic carbocycles. The minimum atomic E-state index is -2.41. The molecule has 0 aliphatic heterocycles. The molecule has 142 valence electrons. The fourth-order valence-electron chi connectivity index (χ4n) is 2.62. The van der Waals surface area contributed by atoms with Crippen LogP contribution in [-0.2, 0) is 6.54 Å². The number of aryl methyl sites for hydroxylation is 1. The van der Waals surface area contributed by atoms with Crippen LogP contribution in [0.1, 0.15) is 12.0 Å². The summed E-state index contributed by atoms with van der Waals surface area (Å²) >= 11 is 0. The maximum absolute atomic E-state index is 13.1. The molecule has 0 aliphatic rings. The van der Waals surface area contributed by atoms with Crippen molar-refractivity contribution >= 4 is 5.82 Å². The van der Waals surface area contributed by atoms with Crippen LogP contribution >= 0.6 is 0 Å². The van der Waals surface area contributed by atoms with Gasteiger partial charge in [0, 0.05) is 36.4 Å². The lowest BCUT2D eigenvalue weighted by Gasteiger charge is -2.12. The number of furan rings is 1. The lowest BCUT2D eigenvalue weighted by Crippen LogP contribution is -2.18. The Hall–Kier alpha value is -3.80. The van der Waals surface area contributed by atoms with E-state index in [4.69, 9.17) is 10.2 Å². The Morgan fingerprint density at radius 2 is 2.07 bits per heavy atom. The summed E-state index contributed by atoms with van der Waals surface area (Å²) in [5.41, 5.74) is 6.68. The second-order valence-corrected chi connectivity index (χ2v) is 5.77. The van der Waals surface area contributed by atoms with Crippen molar-refractivity contribution in [3.8, 4) is 28.7 Å². The molecule has 0 unspecified atom stereocenters. The summed E-state index contributed by atoms with van der Waals surface area (Å²) in [6.07, 6.45) is -0.214. The molecule has 3 aromatic rings. The summed E-state index contributed by atoms with van der Waals surface area (Å²) in [4.78, 5) is 16.2. The second-order valence-electron chi connectivity index (χ2n) is 5.77. The van der Waals surface area contributed by atoms with Gasteiger partial charge in [-0.05, 0) is 24.3 Å². The van der Waals surface area contributed by atoms with Gasteiger partial charge in [-0.1, -0.05) is 0 Å². The van der Waals surface area contributed by atoms with Gasteiger partial charge in [-0.3, -0.25) is 4.79 Å². The van der Waals surface area contributed by atoms with Crippen LogP contribution in [0.4, 0.5) is 19.0 Å². The zero-order chi connectivity index (χ0) is 20.3. The number of nitrogen functional groups attached to an aromatic ring is 1. The lowest BCUT2D eigenvalue weighted by atomic mass is 10.0. The Balaban J connectivity index is 2.11. The Kier molecular flexibility index (Phi) is 5.31. The van der Waals surface area contributed by atoms with Crippen LogP contribution in [0.2, 0.25) is 0 Å². The number of nitriles is 1. The number of nitrogens with zero attached hydrogens (tertiary/aromatic N) is 3. The molecule has 0 bridgehead atoms. The highest BCUT2D eigenvalue weighted by Crippen LogP contribution is 2.33. The number of hydrogen-bond acceptors (Lipinski definition) is 5. The van der Waals surface area contributed by atoms with Crippen molar-refractivity contribution in [2.45, 2.75) is 13.0 Å². The Morgan fingerprint density at radius 3 is 2.71 bits per heavy atom. The van der Waals surface area contributed by atoms with Crippen LogP contribution in [0, 0.1) is 11.3 Å². The zero-order valence-corrected chi connectivity index (χ0v) is 14.3. The van der Waals surface area contributed by atoms with Gasteiger partial charge in [-0.15, -0.1) is 0 Å². The minimum Gasteiger partial charge on any atom is -0.463 e. The molecular formula is C19H13F3N4O2. The number of allylic oxidation sites excluding steroid dienone is 1. The highest BCUT2D eigenvalue weighted by atomic mass is 19.3. The quantitative estimate of drug-likeness (QED) is 0.712. The van der Waals surface area contributed by atoms with Crippen molar-refractivity contribution in [1.82, 2.24) is 9.55 Å². The predicted molar refractivity (Wildman–Crippen MR) is 95.7 cm³/mol. The summed E-state index contributed by atoms with van der Waals surface area (Å²) in [5, 5.41) is 9.24. The van der Waals surface area contributed by atoms with Crippen LogP contribution in [0.3, 0.4) is 0 Å². The molecule has 2 N–H and O–H groups in total. The molecule has 6 nitrogen and oxygen atoms in total. The molecule has 0 fully saturated rings. The third-order valence-corrected chi connectivity index (χ3v) is 4.00. The summed E-state index contributed by atoms with van der Waals surface area (Å²) in [7, 11) is 0. The first-order valence-electron chi connectivity index (χ1n) is 8.05. The zero-order valence-electron chi connectivity index (χ0n) is 14.3. The van der Waals surface area contributed by atoms with E-state index >= 15 is 0 Å². The number of pyridine rings is 2. The standard InChI is InChI=1S/C19H13F3N4O2/c20-14(18(21)22)5-6-26-10-11(3-4-16(26)27)13-8-12(9-23)19(24)25-17(13)15-2-1-7-28-15/h1-4,7-8,10H,5-6H2,(H2,24,25). The van der Waals surface area contributed by atoms with E-state index in [1.54, 1.807) is 12.1 Å². The van der Waals surface area contributed by atoms with Gasteiger partial charge in [0.15, 0.2) is 11.6 Å². The summed E-state index contributed by atoms with van der Waals surface area (Å²) in [6.45, 7) is -0.278. The molecule has 3 rings (SSSR count). The minimum absolute atomic E-state index is 0.0107. The number of nitrogens with two attached hydrogens (primary N) is 1. The highest BCUT2D eigenvalue weighted by molar-refractivity contribution is 5.81. The molecule has 0 aromatic carbocycles. The van der Waals surface area contributed by atoms with E-state index in [0.29, 0.717) is 22.6 Å². The van der Waals surface area contributed by atoms with Crippen LogP contribution < -0.4 is 11.3 Å².